The summed E-state index contributed by atoms with van der Waals surface area (Å²) in [7, 11) is 0. The number of fused-ring (bicyclic) bond motifs is 12. The van der Waals surface area contributed by atoms with Gasteiger partial charge in [0.1, 0.15) is 0 Å². The number of para-hydroxylation sites is 3. The van der Waals surface area contributed by atoms with E-state index >= 15 is 0 Å². The van der Waals surface area contributed by atoms with Crippen LogP contribution in [0.25, 0.3) is 43.8 Å². The maximum absolute atomic E-state index is 2.45. The monoisotopic (exact) mass is 583 g/mol. The van der Waals surface area contributed by atoms with Crippen molar-refractivity contribution < 1.29 is 0 Å². The van der Waals surface area contributed by atoms with Crippen LogP contribution in [0.15, 0.2) is 176 Å². The van der Waals surface area contributed by atoms with E-state index in [9.17, 15) is 0 Å². The third-order valence-electron chi connectivity index (χ3n) is 10.2. The summed E-state index contributed by atoms with van der Waals surface area (Å²) in [6, 6.07) is 65.1. The lowest BCUT2D eigenvalue weighted by molar-refractivity contribution is 0.754. The molecule has 1 aliphatic heterocycles. The first-order chi connectivity index (χ1) is 22.9. The summed E-state index contributed by atoms with van der Waals surface area (Å²) in [5.41, 5.74) is 13.6. The molecule has 0 fully saturated rings. The summed E-state index contributed by atoms with van der Waals surface area (Å²) in [6.07, 6.45) is 0. The van der Waals surface area contributed by atoms with Gasteiger partial charge in [-0.1, -0.05) is 146 Å². The Balaban J connectivity index is 1.39. The molecule has 0 unspecified atom stereocenters. The van der Waals surface area contributed by atoms with E-state index < -0.39 is 5.41 Å². The fraction of sp³-hybridized carbons (Fsp3) is 0.0222. The van der Waals surface area contributed by atoms with Gasteiger partial charge in [-0.2, -0.15) is 0 Å². The molecule has 1 heteroatoms. The van der Waals surface area contributed by atoms with Gasteiger partial charge in [0, 0.05) is 5.69 Å². The topological polar surface area (TPSA) is 3.24 Å². The minimum Gasteiger partial charge on any atom is -0.310 e. The molecule has 0 aromatic heterocycles. The summed E-state index contributed by atoms with van der Waals surface area (Å²) in [6.45, 7) is 0. The second-order valence-corrected chi connectivity index (χ2v) is 12.4. The van der Waals surface area contributed by atoms with Crippen molar-refractivity contribution in [2.75, 3.05) is 4.90 Å². The predicted octanol–water partition coefficient (Wildman–Crippen LogP) is 11.8. The predicted molar refractivity (Wildman–Crippen MR) is 192 cm³/mol. The van der Waals surface area contributed by atoms with Gasteiger partial charge in [-0.3, -0.25) is 0 Å². The molecule has 2 aliphatic rings. The van der Waals surface area contributed by atoms with Crippen LogP contribution in [0.5, 0.6) is 0 Å². The lowest BCUT2D eigenvalue weighted by atomic mass is 9.63. The molecule has 0 saturated carbocycles. The van der Waals surface area contributed by atoms with Crippen LogP contribution < -0.4 is 4.90 Å². The molecule has 0 N–H and O–H groups in total. The van der Waals surface area contributed by atoms with Crippen LogP contribution in [-0.4, -0.2) is 0 Å². The number of anilines is 3. The Hall–Kier alpha value is -5.92. The van der Waals surface area contributed by atoms with Crippen LogP contribution in [-0.2, 0) is 5.41 Å². The van der Waals surface area contributed by atoms with Crippen LogP contribution >= 0.6 is 0 Å². The van der Waals surface area contributed by atoms with Gasteiger partial charge in [-0.15, -0.1) is 0 Å². The van der Waals surface area contributed by atoms with Gasteiger partial charge in [0.15, 0.2) is 0 Å². The van der Waals surface area contributed by atoms with Crippen molar-refractivity contribution in [2.24, 2.45) is 0 Å². The van der Waals surface area contributed by atoms with Crippen LogP contribution in [0, 0.1) is 0 Å². The number of hydrogen-bond donors (Lipinski definition) is 0. The summed E-state index contributed by atoms with van der Waals surface area (Å²) < 4.78 is 0. The molecule has 0 bridgehead atoms. The quantitative estimate of drug-likeness (QED) is 0.183. The first-order valence-electron chi connectivity index (χ1n) is 16.0. The van der Waals surface area contributed by atoms with Crippen molar-refractivity contribution in [2.45, 2.75) is 5.41 Å². The minimum atomic E-state index is -0.506. The van der Waals surface area contributed by atoms with Crippen molar-refractivity contribution in [1.29, 1.82) is 0 Å². The molecule has 0 atom stereocenters. The Morgan fingerprint density at radius 2 is 0.870 bits per heavy atom. The molecule has 46 heavy (non-hydrogen) atoms. The molecule has 0 amide bonds. The highest BCUT2D eigenvalue weighted by atomic mass is 15.2. The van der Waals surface area contributed by atoms with Gasteiger partial charge in [0.05, 0.1) is 16.8 Å². The molecule has 0 saturated heterocycles. The second kappa shape index (κ2) is 9.54. The van der Waals surface area contributed by atoms with Crippen LogP contribution in [0.4, 0.5) is 17.1 Å². The molecule has 1 aliphatic carbocycles. The van der Waals surface area contributed by atoms with Crippen LogP contribution in [0.3, 0.4) is 0 Å². The number of rotatable bonds is 2. The van der Waals surface area contributed by atoms with E-state index in [2.05, 4.69) is 181 Å². The third kappa shape index (κ3) is 3.24. The average molecular weight is 584 g/mol. The normalized spacial score (nSPS) is 13.8. The van der Waals surface area contributed by atoms with E-state index in [0.29, 0.717) is 0 Å². The van der Waals surface area contributed by atoms with Gasteiger partial charge in [0.2, 0.25) is 0 Å². The highest BCUT2D eigenvalue weighted by Gasteiger charge is 2.52. The van der Waals surface area contributed by atoms with E-state index in [1.165, 1.54) is 77.4 Å². The van der Waals surface area contributed by atoms with Crippen molar-refractivity contribution >= 4 is 38.6 Å². The lowest BCUT2D eigenvalue weighted by Crippen LogP contribution is -2.36. The van der Waals surface area contributed by atoms with Gasteiger partial charge < -0.3 is 4.90 Å². The molecule has 8 aromatic carbocycles. The average Bonchev–Trinajstić information content (AvgIpc) is 3.43. The molecule has 0 radical (unpaired) electrons. The molecule has 1 spiro atoms. The Morgan fingerprint density at radius 1 is 0.348 bits per heavy atom. The van der Waals surface area contributed by atoms with Gasteiger partial charge in [0.25, 0.3) is 0 Å². The summed E-state index contributed by atoms with van der Waals surface area (Å²) >= 11 is 0. The Morgan fingerprint density at radius 3 is 1.61 bits per heavy atom. The standard InChI is InChI=1S/C45H29N/c1-2-16-31(17-3-1)46-42-27-12-10-25-40(42)45(41-26-11-13-28-43(41)46)39-24-9-8-21-35(39)36-22-14-23-37(44(36)45)38-29-30-15-4-5-18-32(30)33-19-6-7-20-34(33)38/h1-29H. The first kappa shape index (κ1) is 25.4. The second-order valence-electron chi connectivity index (χ2n) is 12.4. The Kier molecular flexibility index (Phi) is 5.27. The molecule has 214 valence electrons. The smallest absolute Gasteiger partial charge is 0.0760 e. The Bertz CT molecular complexity index is 2440. The number of benzene rings is 8. The van der Waals surface area contributed by atoms with Crippen LogP contribution in [0.1, 0.15) is 22.3 Å². The largest absolute Gasteiger partial charge is 0.310 e. The summed E-state index contributed by atoms with van der Waals surface area (Å²) in [4.78, 5) is 2.45. The first-order valence-corrected chi connectivity index (χ1v) is 16.0. The van der Waals surface area contributed by atoms with Crippen molar-refractivity contribution in [3.8, 4) is 22.3 Å². The van der Waals surface area contributed by atoms with E-state index in [0.717, 1.165) is 5.69 Å². The van der Waals surface area contributed by atoms with Crippen molar-refractivity contribution in [1.82, 2.24) is 0 Å². The highest BCUT2D eigenvalue weighted by Crippen LogP contribution is 2.65. The van der Waals surface area contributed by atoms with Crippen LogP contribution in [0.2, 0.25) is 0 Å². The number of nitrogens with zero attached hydrogens (tertiary/aromatic N) is 1. The molecule has 1 heterocycles. The fourth-order valence-electron chi connectivity index (χ4n) is 8.52. The Labute approximate surface area is 268 Å². The van der Waals surface area contributed by atoms with Gasteiger partial charge >= 0.3 is 0 Å². The maximum Gasteiger partial charge on any atom is 0.0760 e. The zero-order chi connectivity index (χ0) is 30.2. The SMILES string of the molecule is c1ccc(N2c3ccccc3C3(c4ccccc4-c4cccc(-c5cc6ccccc6c6ccccc56)c43)c3ccccc32)cc1. The highest BCUT2D eigenvalue weighted by molar-refractivity contribution is 6.15. The maximum atomic E-state index is 2.45. The lowest BCUT2D eigenvalue weighted by Gasteiger charge is -2.45. The van der Waals surface area contributed by atoms with Gasteiger partial charge in [-0.25, -0.2) is 0 Å². The molecule has 8 aromatic rings. The molecule has 1 nitrogen and oxygen atoms in total. The minimum absolute atomic E-state index is 0.506. The van der Waals surface area contributed by atoms with E-state index in [1.54, 1.807) is 0 Å². The summed E-state index contributed by atoms with van der Waals surface area (Å²) in [5.74, 6) is 0. The van der Waals surface area contributed by atoms with Crippen molar-refractivity contribution in [3.05, 3.63) is 198 Å². The number of hydrogen-bond acceptors (Lipinski definition) is 1. The molecular weight excluding hydrogens is 555 g/mol. The molecule has 10 rings (SSSR count). The van der Waals surface area contributed by atoms with Crippen molar-refractivity contribution in [3.63, 3.8) is 0 Å². The fourth-order valence-corrected chi connectivity index (χ4v) is 8.52. The van der Waals surface area contributed by atoms with Gasteiger partial charge in [-0.05, 0) is 96.4 Å². The third-order valence-corrected chi connectivity index (χ3v) is 10.2. The zero-order valence-electron chi connectivity index (χ0n) is 25.2. The molecular formula is C45H29N. The summed E-state index contributed by atoms with van der Waals surface area (Å²) in [5, 5.41) is 5.12. The van der Waals surface area contributed by atoms with E-state index in [-0.39, 0.29) is 0 Å². The van der Waals surface area contributed by atoms with E-state index in [1.807, 2.05) is 0 Å². The zero-order valence-corrected chi connectivity index (χ0v) is 25.2. The van der Waals surface area contributed by atoms with E-state index in [4.69, 9.17) is 0 Å².